The maximum absolute atomic E-state index is 8.67. The van der Waals surface area contributed by atoms with E-state index in [1.165, 1.54) is 25.9 Å². The molecule has 104 valence electrons. The Labute approximate surface area is 113 Å². The van der Waals surface area contributed by atoms with Crippen LogP contribution in [0, 0.1) is 6.92 Å². The van der Waals surface area contributed by atoms with E-state index in [0.29, 0.717) is 6.61 Å². The molecular formula is C14H21N3O2. The molecule has 0 aromatic heterocycles. The molecule has 5 heteroatoms. The normalized spacial score (nSPS) is 16.8. The van der Waals surface area contributed by atoms with Crippen molar-refractivity contribution in [1.82, 2.24) is 4.90 Å². The first-order valence-corrected chi connectivity index (χ1v) is 6.64. The van der Waals surface area contributed by atoms with Gasteiger partial charge in [-0.1, -0.05) is 5.16 Å². The van der Waals surface area contributed by atoms with Crippen molar-refractivity contribution < 1.29 is 9.94 Å². The second-order valence-electron chi connectivity index (χ2n) is 4.86. The minimum absolute atomic E-state index is 0.126. The van der Waals surface area contributed by atoms with Gasteiger partial charge >= 0.3 is 0 Å². The minimum Gasteiger partial charge on any atom is -0.492 e. The van der Waals surface area contributed by atoms with Crippen LogP contribution in [-0.4, -0.2) is 42.2 Å². The first kappa shape index (κ1) is 13.7. The zero-order chi connectivity index (χ0) is 13.7. The summed E-state index contributed by atoms with van der Waals surface area (Å²) < 4.78 is 5.73. The molecule has 0 radical (unpaired) electrons. The fourth-order valence-corrected chi connectivity index (χ4v) is 2.37. The van der Waals surface area contributed by atoms with Crippen molar-refractivity contribution in [3.8, 4) is 5.75 Å². The zero-order valence-corrected chi connectivity index (χ0v) is 11.3. The van der Waals surface area contributed by atoms with Crippen LogP contribution in [0.15, 0.2) is 23.4 Å². The molecular weight excluding hydrogens is 242 g/mol. The molecule has 1 aliphatic rings. The van der Waals surface area contributed by atoms with Crippen LogP contribution in [0.1, 0.15) is 24.0 Å². The summed E-state index contributed by atoms with van der Waals surface area (Å²) in [5.41, 5.74) is 7.25. The molecule has 0 saturated carbocycles. The van der Waals surface area contributed by atoms with Crippen molar-refractivity contribution in [2.24, 2.45) is 10.9 Å². The summed E-state index contributed by atoms with van der Waals surface area (Å²) in [6, 6.07) is 5.58. The number of rotatable bonds is 5. The minimum atomic E-state index is 0.126. The number of ether oxygens (including phenoxy) is 1. The van der Waals surface area contributed by atoms with Gasteiger partial charge in [-0.2, -0.15) is 0 Å². The fourth-order valence-electron chi connectivity index (χ4n) is 2.37. The summed E-state index contributed by atoms with van der Waals surface area (Å²) in [4.78, 5) is 2.41. The molecule has 1 aromatic rings. The molecule has 0 spiro atoms. The van der Waals surface area contributed by atoms with E-state index in [9.17, 15) is 0 Å². The molecule has 1 heterocycles. The van der Waals surface area contributed by atoms with Crippen LogP contribution < -0.4 is 10.5 Å². The highest BCUT2D eigenvalue weighted by Crippen LogP contribution is 2.17. The highest BCUT2D eigenvalue weighted by molar-refractivity contribution is 5.98. The van der Waals surface area contributed by atoms with Crippen molar-refractivity contribution in [2.45, 2.75) is 19.8 Å². The highest BCUT2D eigenvalue weighted by atomic mass is 16.5. The SMILES string of the molecule is Cc1cc(OCCN2CCCC2)ccc1/C(N)=N/O. The van der Waals surface area contributed by atoms with Gasteiger partial charge in [0, 0.05) is 12.1 Å². The van der Waals surface area contributed by atoms with Gasteiger partial charge in [-0.05, 0) is 56.6 Å². The first-order chi connectivity index (χ1) is 9.20. The Morgan fingerprint density at radius 2 is 2.16 bits per heavy atom. The molecule has 19 heavy (non-hydrogen) atoms. The summed E-state index contributed by atoms with van der Waals surface area (Å²) in [6.07, 6.45) is 2.60. The maximum atomic E-state index is 8.67. The molecule has 5 nitrogen and oxygen atoms in total. The number of oxime groups is 1. The molecule has 1 fully saturated rings. The lowest BCUT2D eigenvalue weighted by atomic mass is 10.1. The number of aryl methyl sites for hydroxylation is 1. The van der Waals surface area contributed by atoms with Crippen LogP contribution in [0.3, 0.4) is 0 Å². The Kier molecular flexibility index (Phi) is 4.63. The van der Waals surface area contributed by atoms with Crippen molar-refractivity contribution in [1.29, 1.82) is 0 Å². The van der Waals surface area contributed by atoms with Crippen LogP contribution >= 0.6 is 0 Å². The van der Waals surface area contributed by atoms with E-state index >= 15 is 0 Å². The van der Waals surface area contributed by atoms with Crippen molar-refractivity contribution in [2.75, 3.05) is 26.2 Å². The van der Waals surface area contributed by atoms with E-state index < -0.39 is 0 Å². The molecule has 0 amide bonds. The highest BCUT2D eigenvalue weighted by Gasteiger charge is 2.11. The zero-order valence-electron chi connectivity index (χ0n) is 11.3. The third-order valence-electron chi connectivity index (χ3n) is 3.46. The van der Waals surface area contributed by atoms with Gasteiger partial charge in [-0.25, -0.2) is 0 Å². The molecule has 0 aliphatic carbocycles. The van der Waals surface area contributed by atoms with Crippen molar-refractivity contribution in [3.05, 3.63) is 29.3 Å². The van der Waals surface area contributed by atoms with Crippen molar-refractivity contribution in [3.63, 3.8) is 0 Å². The van der Waals surface area contributed by atoms with Gasteiger partial charge in [0.05, 0.1) is 0 Å². The van der Waals surface area contributed by atoms with Gasteiger partial charge in [0.25, 0.3) is 0 Å². The number of amidine groups is 1. The van der Waals surface area contributed by atoms with Gasteiger partial charge in [-0.3, -0.25) is 4.90 Å². The van der Waals surface area contributed by atoms with E-state index in [4.69, 9.17) is 15.7 Å². The van der Waals surface area contributed by atoms with E-state index in [1.807, 2.05) is 25.1 Å². The molecule has 0 bridgehead atoms. The van der Waals surface area contributed by atoms with Gasteiger partial charge in [0.1, 0.15) is 12.4 Å². The second kappa shape index (κ2) is 6.43. The van der Waals surface area contributed by atoms with E-state index in [-0.39, 0.29) is 5.84 Å². The van der Waals surface area contributed by atoms with Crippen LogP contribution in [0.5, 0.6) is 5.75 Å². The fraction of sp³-hybridized carbons (Fsp3) is 0.500. The number of hydrogen-bond acceptors (Lipinski definition) is 4. The molecule has 1 aromatic carbocycles. The molecule has 0 unspecified atom stereocenters. The summed E-state index contributed by atoms with van der Waals surface area (Å²) in [5.74, 6) is 0.951. The van der Waals surface area contributed by atoms with Crippen LogP contribution in [0.4, 0.5) is 0 Å². The third kappa shape index (κ3) is 3.61. The molecule has 1 aliphatic heterocycles. The quantitative estimate of drug-likeness (QED) is 0.366. The predicted molar refractivity (Wildman–Crippen MR) is 74.9 cm³/mol. The molecule has 1 saturated heterocycles. The van der Waals surface area contributed by atoms with Crippen LogP contribution in [0.25, 0.3) is 0 Å². The van der Waals surface area contributed by atoms with Gasteiger partial charge in [0.15, 0.2) is 5.84 Å². The molecule has 0 atom stereocenters. The number of hydrogen-bond donors (Lipinski definition) is 2. The number of likely N-dealkylation sites (tertiary alicyclic amines) is 1. The monoisotopic (exact) mass is 263 g/mol. The Balaban J connectivity index is 1.88. The maximum Gasteiger partial charge on any atom is 0.170 e. The number of nitrogens with two attached hydrogens (primary N) is 1. The standard InChI is InChI=1S/C14H21N3O2/c1-11-10-12(4-5-13(11)14(15)16-18)19-9-8-17-6-2-3-7-17/h4-5,10,18H,2-3,6-9H2,1H3,(H2,15,16). The van der Waals surface area contributed by atoms with E-state index in [0.717, 1.165) is 23.4 Å². The van der Waals surface area contributed by atoms with E-state index in [2.05, 4.69) is 10.1 Å². The Bertz CT molecular complexity index is 454. The van der Waals surface area contributed by atoms with Gasteiger partial charge in [0.2, 0.25) is 0 Å². The van der Waals surface area contributed by atoms with Gasteiger partial charge in [-0.15, -0.1) is 0 Å². The predicted octanol–water partition coefficient (Wildman–Crippen LogP) is 1.56. The summed E-state index contributed by atoms with van der Waals surface area (Å²) in [5, 5.41) is 11.7. The Morgan fingerprint density at radius 3 is 2.79 bits per heavy atom. The topological polar surface area (TPSA) is 71.1 Å². The largest absolute Gasteiger partial charge is 0.492 e. The van der Waals surface area contributed by atoms with Gasteiger partial charge < -0.3 is 15.7 Å². The second-order valence-corrected chi connectivity index (χ2v) is 4.86. The van der Waals surface area contributed by atoms with E-state index in [1.54, 1.807) is 0 Å². The summed E-state index contributed by atoms with van der Waals surface area (Å²) in [7, 11) is 0. The summed E-state index contributed by atoms with van der Waals surface area (Å²) in [6.45, 7) is 5.96. The first-order valence-electron chi connectivity index (χ1n) is 6.64. The summed E-state index contributed by atoms with van der Waals surface area (Å²) >= 11 is 0. The Hall–Kier alpha value is -1.75. The lowest BCUT2D eigenvalue weighted by Gasteiger charge is -2.15. The Morgan fingerprint density at radius 1 is 1.42 bits per heavy atom. The average molecular weight is 263 g/mol. The average Bonchev–Trinajstić information content (AvgIpc) is 2.91. The third-order valence-corrected chi connectivity index (χ3v) is 3.46. The number of benzene rings is 1. The molecule has 3 N–H and O–H groups in total. The van der Waals surface area contributed by atoms with Crippen LogP contribution in [0.2, 0.25) is 0 Å². The lowest BCUT2D eigenvalue weighted by Crippen LogP contribution is -2.25. The van der Waals surface area contributed by atoms with Crippen LogP contribution in [-0.2, 0) is 0 Å². The number of nitrogens with zero attached hydrogens (tertiary/aromatic N) is 2. The molecule has 2 rings (SSSR count). The lowest BCUT2D eigenvalue weighted by molar-refractivity contribution is 0.237. The smallest absolute Gasteiger partial charge is 0.170 e. The van der Waals surface area contributed by atoms with Crippen molar-refractivity contribution >= 4 is 5.84 Å².